The molecule has 3 aromatic carbocycles. The molecule has 0 aliphatic heterocycles. The summed E-state index contributed by atoms with van der Waals surface area (Å²) in [4.78, 5) is 12.6. The van der Waals surface area contributed by atoms with E-state index < -0.39 is 15.9 Å². The zero-order valence-electron chi connectivity index (χ0n) is 17.3. The van der Waals surface area contributed by atoms with E-state index in [9.17, 15) is 13.2 Å². The number of nitrogens with zero attached hydrogens (tertiary/aromatic N) is 1. The Balaban J connectivity index is 1.69. The third-order valence-electron chi connectivity index (χ3n) is 4.65. The Hall–Kier alpha value is -3.06. The lowest BCUT2D eigenvalue weighted by Gasteiger charge is -2.24. The van der Waals surface area contributed by atoms with Crippen LogP contribution in [0.15, 0.2) is 66.7 Å². The highest BCUT2D eigenvalue weighted by Gasteiger charge is 2.23. The highest BCUT2D eigenvalue weighted by atomic mass is 32.2. The molecule has 7 heteroatoms. The standard InChI is InChI=1S/C23H26N2O4S/c1-17-11-13-20(14-12-17)29-16-18(2)24-23(26)15-25(30(3,27)28)22-10-6-8-19-7-4-5-9-21(19)22/h4-14,18H,15-16H2,1-3H3,(H,24,26). The van der Waals surface area contributed by atoms with Crippen LogP contribution in [-0.2, 0) is 14.8 Å². The van der Waals surface area contributed by atoms with Crippen molar-refractivity contribution in [2.45, 2.75) is 19.9 Å². The van der Waals surface area contributed by atoms with E-state index in [-0.39, 0.29) is 19.2 Å². The number of sulfonamides is 1. The van der Waals surface area contributed by atoms with Gasteiger partial charge in [-0.05, 0) is 37.4 Å². The Bertz CT molecular complexity index is 1120. The summed E-state index contributed by atoms with van der Waals surface area (Å²) in [7, 11) is -3.66. The molecule has 30 heavy (non-hydrogen) atoms. The van der Waals surface area contributed by atoms with E-state index in [2.05, 4.69) is 5.32 Å². The lowest BCUT2D eigenvalue weighted by Crippen LogP contribution is -2.45. The van der Waals surface area contributed by atoms with Gasteiger partial charge in [-0.25, -0.2) is 8.42 Å². The quantitative estimate of drug-likeness (QED) is 0.598. The van der Waals surface area contributed by atoms with Crippen molar-refractivity contribution < 1.29 is 17.9 Å². The number of hydrogen-bond acceptors (Lipinski definition) is 4. The van der Waals surface area contributed by atoms with Gasteiger partial charge in [0.1, 0.15) is 18.9 Å². The molecule has 1 amide bonds. The minimum atomic E-state index is -3.66. The molecule has 0 bridgehead atoms. The number of ether oxygens (including phenoxy) is 1. The average Bonchev–Trinajstić information content (AvgIpc) is 2.70. The van der Waals surface area contributed by atoms with Crippen LogP contribution in [0.25, 0.3) is 10.8 Å². The number of amides is 1. The van der Waals surface area contributed by atoms with Gasteiger partial charge in [0, 0.05) is 5.39 Å². The second kappa shape index (κ2) is 9.17. The summed E-state index contributed by atoms with van der Waals surface area (Å²) in [5.74, 6) is 0.323. The lowest BCUT2D eigenvalue weighted by atomic mass is 10.1. The van der Waals surface area contributed by atoms with E-state index in [1.165, 1.54) is 0 Å². The number of rotatable bonds is 8. The summed E-state index contributed by atoms with van der Waals surface area (Å²) in [6.45, 7) is 3.79. The lowest BCUT2D eigenvalue weighted by molar-refractivity contribution is -0.120. The highest BCUT2D eigenvalue weighted by Crippen LogP contribution is 2.28. The molecule has 0 saturated heterocycles. The molecule has 3 rings (SSSR count). The maximum Gasteiger partial charge on any atom is 0.241 e. The third-order valence-corrected chi connectivity index (χ3v) is 5.78. The molecule has 0 heterocycles. The molecule has 0 aliphatic rings. The van der Waals surface area contributed by atoms with Crippen LogP contribution >= 0.6 is 0 Å². The first-order valence-corrected chi connectivity index (χ1v) is 11.5. The molecule has 0 saturated carbocycles. The maximum absolute atomic E-state index is 12.6. The van der Waals surface area contributed by atoms with Crippen molar-refractivity contribution in [3.63, 3.8) is 0 Å². The van der Waals surface area contributed by atoms with Crippen LogP contribution in [0, 0.1) is 6.92 Å². The van der Waals surface area contributed by atoms with Gasteiger partial charge in [0.15, 0.2) is 0 Å². The molecule has 1 atom stereocenters. The van der Waals surface area contributed by atoms with Crippen LogP contribution < -0.4 is 14.4 Å². The first-order chi connectivity index (χ1) is 14.2. The Kier molecular flexibility index (Phi) is 6.62. The number of benzene rings is 3. The Labute approximate surface area is 177 Å². The molecule has 0 spiro atoms. The number of hydrogen-bond donors (Lipinski definition) is 1. The monoisotopic (exact) mass is 426 g/mol. The predicted molar refractivity (Wildman–Crippen MR) is 120 cm³/mol. The molecule has 0 fully saturated rings. The molecule has 158 valence electrons. The zero-order valence-corrected chi connectivity index (χ0v) is 18.1. The summed E-state index contributed by atoms with van der Waals surface area (Å²) in [5, 5.41) is 4.49. The van der Waals surface area contributed by atoms with Crippen LogP contribution in [-0.4, -0.2) is 39.8 Å². The molecule has 1 N–H and O–H groups in total. The van der Waals surface area contributed by atoms with Gasteiger partial charge < -0.3 is 10.1 Å². The maximum atomic E-state index is 12.6. The van der Waals surface area contributed by atoms with Crippen molar-refractivity contribution in [2.75, 3.05) is 23.7 Å². The van der Waals surface area contributed by atoms with Crippen molar-refractivity contribution in [1.82, 2.24) is 5.32 Å². The molecule has 0 radical (unpaired) electrons. The van der Waals surface area contributed by atoms with Gasteiger partial charge in [-0.15, -0.1) is 0 Å². The molecular formula is C23H26N2O4S. The largest absolute Gasteiger partial charge is 0.491 e. The number of fused-ring (bicyclic) bond motifs is 1. The van der Waals surface area contributed by atoms with E-state index in [1.807, 2.05) is 68.4 Å². The number of anilines is 1. The smallest absolute Gasteiger partial charge is 0.241 e. The fraction of sp³-hybridized carbons (Fsp3) is 0.261. The number of carbonyl (C=O) groups excluding carboxylic acids is 1. The van der Waals surface area contributed by atoms with Crippen molar-refractivity contribution in [3.8, 4) is 5.75 Å². The second-order valence-corrected chi connectivity index (χ2v) is 9.27. The first kappa shape index (κ1) is 21.6. The molecule has 1 unspecified atom stereocenters. The number of carbonyl (C=O) groups is 1. The fourth-order valence-corrected chi connectivity index (χ4v) is 4.02. The Morgan fingerprint density at radius 1 is 1.03 bits per heavy atom. The topological polar surface area (TPSA) is 75.7 Å². The minimum Gasteiger partial charge on any atom is -0.491 e. The van der Waals surface area contributed by atoms with Crippen LogP contribution in [0.5, 0.6) is 5.75 Å². The van der Waals surface area contributed by atoms with Gasteiger partial charge in [-0.2, -0.15) is 0 Å². The second-order valence-electron chi connectivity index (χ2n) is 7.36. The van der Waals surface area contributed by atoms with Crippen LogP contribution in [0.3, 0.4) is 0 Å². The summed E-state index contributed by atoms with van der Waals surface area (Å²) < 4.78 is 31.7. The summed E-state index contributed by atoms with van der Waals surface area (Å²) in [5.41, 5.74) is 1.62. The van der Waals surface area contributed by atoms with E-state index in [0.29, 0.717) is 5.69 Å². The Morgan fingerprint density at radius 3 is 2.40 bits per heavy atom. The zero-order chi connectivity index (χ0) is 21.7. The van der Waals surface area contributed by atoms with Gasteiger partial charge in [0.25, 0.3) is 0 Å². The molecule has 3 aromatic rings. The van der Waals surface area contributed by atoms with E-state index >= 15 is 0 Å². The predicted octanol–water partition coefficient (Wildman–Crippen LogP) is 3.50. The van der Waals surface area contributed by atoms with E-state index in [1.54, 1.807) is 12.1 Å². The number of nitrogens with one attached hydrogen (secondary N) is 1. The van der Waals surface area contributed by atoms with Crippen LogP contribution in [0.1, 0.15) is 12.5 Å². The van der Waals surface area contributed by atoms with Crippen molar-refractivity contribution in [2.24, 2.45) is 0 Å². The van der Waals surface area contributed by atoms with Crippen molar-refractivity contribution >= 4 is 32.4 Å². The number of aryl methyl sites for hydroxylation is 1. The Morgan fingerprint density at radius 2 is 1.70 bits per heavy atom. The minimum absolute atomic E-state index is 0.280. The van der Waals surface area contributed by atoms with Crippen molar-refractivity contribution in [3.05, 3.63) is 72.3 Å². The highest BCUT2D eigenvalue weighted by molar-refractivity contribution is 7.92. The van der Waals surface area contributed by atoms with Gasteiger partial charge in [0.05, 0.1) is 18.0 Å². The molecular weight excluding hydrogens is 400 g/mol. The third kappa shape index (κ3) is 5.51. The SMILES string of the molecule is Cc1ccc(OCC(C)NC(=O)CN(c2cccc3ccccc23)S(C)(=O)=O)cc1. The van der Waals surface area contributed by atoms with Crippen LogP contribution in [0.2, 0.25) is 0 Å². The van der Waals surface area contributed by atoms with E-state index in [0.717, 1.165) is 32.6 Å². The van der Waals surface area contributed by atoms with Gasteiger partial charge in [-0.3, -0.25) is 9.10 Å². The van der Waals surface area contributed by atoms with Gasteiger partial charge >= 0.3 is 0 Å². The van der Waals surface area contributed by atoms with Gasteiger partial charge in [-0.1, -0.05) is 54.1 Å². The normalized spacial score (nSPS) is 12.4. The molecule has 0 aliphatic carbocycles. The van der Waals surface area contributed by atoms with E-state index in [4.69, 9.17) is 4.74 Å². The van der Waals surface area contributed by atoms with Crippen molar-refractivity contribution in [1.29, 1.82) is 0 Å². The molecule has 6 nitrogen and oxygen atoms in total. The summed E-state index contributed by atoms with van der Waals surface area (Å²) >= 11 is 0. The fourth-order valence-electron chi connectivity index (χ4n) is 3.16. The first-order valence-electron chi connectivity index (χ1n) is 9.68. The average molecular weight is 427 g/mol. The van der Waals surface area contributed by atoms with Gasteiger partial charge in [0.2, 0.25) is 15.9 Å². The summed E-state index contributed by atoms with van der Waals surface area (Å²) in [6.07, 6.45) is 1.10. The molecule has 0 aromatic heterocycles. The summed E-state index contributed by atoms with van der Waals surface area (Å²) in [6, 6.07) is 20.2. The van der Waals surface area contributed by atoms with Crippen LogP contribution in [0.4, 0.5) is 5.69 Å².